The van der Waals surface area contributed by atoms with Gasteiger partial charge in [-0.25, -0.2) is 0 Å². The fourth-order valence-electron chi connectivity index (χ4n) is 2.85. The van der Waals surface area contributed by atoms with Crippen molar-refractivity contribution < 1.29 is 0 Å². The van der Waals surface area contributed by atoms with Gasteiger partial charge in [0.2, 0.25) is 0 Å². The Bertz CT molecular complexity index is 158. The maximum absolute atomic E-state index is 5.74. The Balaban J connectivity index is 1.91. The second-order valence-electron chi connectivity index (χ2n) is 4.68. The normalized spacial score (nSPS) is 36.7. The average molecular weight is 182 g/mol. The minimum Gasteiger partial charge on any atom is -0.330 e. The third-order valence-electron chi connectivity index (χ3n) is 3.73. The van der Waals surface area contributed by atoms with E-state index in [9.17, 15) is 0 Å². The summed E-state index contributed by atoms with van der Waals surface area (Å²) in [5.74, 6) is 0.786. The zero-order chi connectivity index (χ0) is 9.10. The van der Waals surface area contributed by atoms with Gasteiger partial charge in [0.05, 0.1) is 0 Å². The van der Waals surface area contributed by atoms with E-state index in [2.05, 4.69) is 4.90 Å². The molecule has 13 heavy (non-hydrogen) atoms. The summed E-state index contributed by atoms with van der Waals surface area (Å²) in [7, 11) is 0. The van der Waals surface area contributed by atoms with Gasteiger partial charge in [-0.15, -0.1) is 0 Å². The monoisotopic (exact) mass is 182 g/mol. The standard InChI is InChI=1S/C11H22N2/c12-8-10-5-6-11-4-2-1-3-7-13(11)9-10/h10-11H,1-9,12H2. The second kappa shape index (κ2) is 4.43. The Hall–Kier alpha value is -0.0800. The van der Waals surface area contributed by atoms with Crippen LogP contribution in [0.25, 0.3) is 0 Å². The number of fused-ring (bicyclic) bond motifs is 1. The summed E-state index contributed by atoms with van der Waals surface area (Å²) in [6.07, 6.45) is 8.53. The van der Waals surface area contributed by atoms with E-state index in [-0.39, 0.29) is 0 Å². The molecule has 2 unspecified atom stereocenters. The number of hydrogen-bond donors (Lipinski definition) is 1. The molecule has 0 amide bonds. The van der Waals surface area contributed by atoms with Crippen LogP contribution < -0.4 is 5.73 Å². The van der Waals surface area contributed by atoms with Gasteiger partial charge in [0.25, 0.3) is 0 Å². The largest absolute Gasteiger partial charge is 0.330 e. The van der Waals surface area contributed by atoms with Crippen LogP contribution in [-0.4, -0.2) is 30.6 Å². The number of piperidine rings is 1. The molecule has 0 aromatic carbocycles. The van der Waals surface area contributed by atoms with E-state index in [4.69, 9.17) is 5.73 Å². The van der Waals surface area contributed by atoms with Gasteiger partial charge in [-0.1, -0.05) is 12.8 Å². The second-order valence-corrected chi connectivity index (χ2v) is 4.68. The lowest BCUT2D eigenvalue weighted by atomic mass is 9.91. The molecule has 2 N–H and O–H groups in total. The summed E-state index contributed by atoms with van der Waals surface area (Å²) in [6.45, 7) is 3.51. The summed E-state index contributed by atoms with van der Waals surface area (Å²) in [4.78, 5) is 2.70. The minimum atomic E-state index is 0.786. The number of rotatable bonds is 1. The molecule has 76 valence electrons. The molecule has 2 fully saturated rings. The van der Waals surface area contributed by atoms with Gasteiger partial charge in [0.15, 0.2) is 0 Å². The maximum Gasteiger partial charge on any atom is 0.00955 e. The van der Waals surface area contributed by atoms with Crippen LogP contribution in [0.1, 0.15) is 38.5 Å². The minimum absolute atomic E-state index is 0.786. The first-order chi connectivity index (χ1) is 6.40. The van der Waals surface area contributed by atoms with Crippen LogP contribution in [0.2, 0.25) is 0 Å². The topological polar surface area (TPSA) is 29.3 Å². The highest BCUT2D eigenvalue weighted by Crippen LogP contribution is 2.27. The Morgan fingerprint density at radius 1 is 1.08 bits per heavy atom. The Labute approximate surface area is 81.5 Å². The molecule has 2 aliphatic heterocycles. The van der Waals surface area contributed by atoms with Gasteiger partial charge in [-0.2, -0.15) is 0 Å². The van der Waals surface area contributed by atoms with Crippen molar-refractivity contribution in [2.24, 2.45) is 11.7 Å². The van der Waals surface area contributed by atoms with Crippen molar-refractivity contribution in [1.82, 2.24) is 4.90 Å². The van der Waals surface area contributed by atoms with E-state index >= 15 is 0 Å². The fraction of sp³-hybridized carbons (Fsp3) is 1.00. The van der Waals surface area contributed by atoms with Crippen LogP contribution >= 0.6 is 0 Å². The van der Waals surface area contributed by atoms with E-state index in [1.54, 1.807) is 0 Å². The van der Waals surface area contributed by atoms with Gasteiger partial charge < -0.3 is 10.6 Å². The first-order valence-corrected chi connectivity index (χ1v) is 5.84. The van der Waals surface area contributed by atoms with Crippen LogP contribution in [0.4, 0.5) is 0 Å². The molecule has 2 aliphatic rings. The van der Waals surface area contributed by atoms with Crippen molar-refractivity contribution in [3.05, 3.63) is 0 Å². The van der Waals surface area contributed by atoms with Crippen molar-refractivity contribution in [3.63, 3.8) is 0 Å². The third-order valence-corrected chi connectivity index (χ3v) is 3.73. The summed E-state index contributed by atoms with van der Waals surface area (Å²) >= 11 is 0. The van der Waals surface area contributed by atoms with Crippen LogP contribution in [0.5, 0.6) is 0 Å². The lowest BCUT2D eigenvalue weighted by Crippen LogP contribution is -2.44. The molecule has 2 nitrogen and oxygen atoms in total. The van der Waals surface area contributed by atoms with Crippen molar-refractivity contribution in [2.75, 3.05) is 19.6 Å². The van der Waals surface area contributed by atoms with Gasteiger partial charge in [0.1, 0.15) is 0 Å². The molecule has 0 aromatic rings. The van der Waals surface area contributed by atoms with Crippen molar-refractivity contribution >= 4 is 0 Å². The first-order valence-electron chi connectivity index (χ1n) is 5.84. The lowest BCUT2D eigenvalue weighted by Gasteiger charge is -2.38. The molecule has 0 saturated carbocycles. The maximum atomic E-state index is 5.74. The van der Waals surface area contributed by atoms with E-state index < -0.39 is 0 Å². The molecule has 2 atom stereocenters. The number of nitrogens with two attached hydrogens (primary N) is 1. The molecule has 0 aromatic heterocycles. The molecule has 2 heterocycles. The highest BCUT2D eigenvalue weighted by Gasteiger charge is 2.27. The summed E-state index contributed by atoms with van der Waals surface area (Å²) < 4.78 is 0. The van der Waals surface area contributed by atoms with Crippen LogP contribution in [-0.2, 0) is 0 Å². The molecule has 0 spiro atoms. The zero-order valence-corrected chi connectivity index (χ0v) is 8.54. The molecule has 0 radical (unpaired) electrons. The molecule has 2 saturated heterocycles. The first kappa shape index (κ1) is 9.47. The molecule has 0 aliphatic carbocycles. The van der Waals surface area contributed by atoms with E-state index in [0.29, 0.717) is 0 Å². The van der Waals surface area contributed by atoms with Crippen LogP contribution in [0, 0.1) is 5.92 Å². The SMILES string of the molecule is NCC1CCC2CCCCCN2C1. The highest BCUT2D eigenvalue weighted by molar-refractivity contribution is 4.83. The predicted molar refractivity (Wildman–Crippen MR) is 55.6 cm³/mol. The Kier molecular flexibility index (Phi) is 3.23. The fourth-order valence-corrected chi connectivity index (χ4v) is 2.85. The highest BCUT2D eigenvalue weighted by atomic mass is 15.2. The molecule has 2 heteroatoms. The Morgan fingerprint density at radius 2 is 2.00 bits per heavy atom. The van der Waals surface area contributed by atoms with Gasteiger partial charge >= 0.3 is 0 Å². The van der Waals surface area contributed by atoms with Crippen molar-refractivity contribution in [3.8, 4) is 0 Å². The molecular formula is C11H22N2. The van der Waals surface area contributed by atoms with Crippen LogP contribution in [0.15, 0.2) is 0 Å². The number of hydrogen-bond acceptors (Lipinski definition) is 2. The average Bonchev–Trinajstić information content (AvgIpc) is 2.41. The molecular weight excluding hydrogens is 160 g/mol. The Morgan fingerprint density at radius 3 is 2.85 bits per heavy atom. The van der Waals surface area contributed by atoms with E-state index in [1.807, 2.05) is 0 Å². The van der Waals surface area contributed by atoms with E-state index in [0.717, 1.165) is 18.5 Å². The lowest BCUT2D eigenvalue weighted by molar-refractivity contribution is 0.113. The zero-order valence-electron chi connectivity index (χ0n) is 8.54. The summed E-state index contributed by atoms with van der Waals surface area (Å²) in [5, 5.41) is 0. The molecule has 2 rings (SSSR count). The van der Waals surface area contributed by atoms with Gasteiger partial charge in [-0.05, 0) is 44.7 Å². The summed E-state index contributed by atoms with van der Waals surface area (Å²) in [5.41, 5.74) is 5.74. The molecule has 0 bridgehead atoms. The third kappa shape index (κ3) is 2.23. The number of nitrogens with zero attached hydrogens (tertiary/aromatic N) is 1. The van der Waals surface area contributed by atoms with Gasteiger partial charge in [-0.3, -0.25) is 0 Å². The van der Waals surface area contributed by atoms with Crippen molar-refractivity contribution in [1.29, 1.82) is 0 Å². The van der Waals surface area contributed by atoms with Crippen molar-refractivity contribution in [2.45, 2.75) is 44.6 Å². The summed E-state index contributed by atoms with van der Waals surface area (Å²) in [6, 6.07) is 0.908. The predicted octanol–water partition coefficient (Wildman–Crippen LogP) is 1.60. The quantitative estimate of drug-likeness (QED) is 0.667. The smallest absolute Gasteiger partial charge is 0.00955 e. The van der Waals surface area contributed by atoms with Gasteiger partial charge in [0, 0.05) is 12.6 Å². The van der Waals surface area contributed by atoms with Crippen LogP contribution in [0.3, 0.4) is 0 Å². The van der Waals surface area contributed by atoms with E-state index in [1.165, 1.54) is 51.6 Å².